The highest BCUT2D eigenvalue weighted by atomic mass is 16.6. The molecular weight excluding hydrogens is 769 g/mol. The molecule has 8 unspecified atom stereocenters. The normalized spacial score (nSPS) is 30.9. The molecule has 63 heavy (non-hydrogen) atoms. The van der Waals surface area contributed by atoms with Gasteiger partial charge in [0.25, 0.3) is 0 Å². The van der Waals surface area contributed by atoms with E-state index in [2.05, 4.69) is 110 Å². The molecule has 11 rings (SSSR count). The Kier molecular flexibility index (Phi) is 21.3. The molecule has 3 saturated heterocycles. The second-order valence-electron chi connectivity index (χ2n) is 22.9. The molecule has 3 nitrogen and oxygen atoms in total. The van der Waals surface area contributed by atoms with Crippen LogP contribution in [0.1, 0.15) is 189 Å². The van der Waals surface area contributed by atoms with Crippen molar-refractivity contribution in [2.24, 2.45) is 63.6 Å². The third-order valence-corrected chi connectivity index (χ3v) is 16.4. The molecular formula is C60H98O3. The lowest BCUT2D eigenvalue weighted by atomic mass is 9.79. The average molecular weight is 867 g/mol. The Bertz CT molecular complexity index is 1380. The highest BCUT2D eigenvalue weighted by Crippen LogP contribution is 2.54. The van der Waals surface area contributed by atoms with E-state index >= 15 is 0 Å². The Morgan fingerprint density at radius 2 is 1.33 bits per heavy atom. The monoisotopic (exact) mass is 867 g/mol. The van der Waals surface area contributed by atoms with Crippen LogP contribution in [0.25, 0.3) is 0 Å². The number of fused-ring (bicyclic) bond motifs is 2. The van der Waals surface area contributed by atoms with Gasteiger partial charge in [-0.25, -0.2) is 0 Å². The minimum Gasteiger partial charge on any atom is -0.373 e. The van der Waals surface area contributed by atoms with Gasteiger partial charge in [0, 0.05) is 5.41 Å². The standard InChI is InChI=1S/C10H18.C9H14O.C9H16O.C9H14.C9H16.C8H12.C6H8O/c1-4-7-10(2,3)8-9-5-6-9;1-2-3-9(4-5-9)6-8-7-10-8;1-4-9(5-2,6-3)8-7-10-8;1-2-7-4-3-5-8-6-9(7)8;1-3-4-8(2)7-9-5-6-9;1-2-4-7(3-1)8-5-6-8;1-2-4-6-5(3-1)7-6/h4,9H,1,5-8H2,2-3H3;2,8H,1,3-7H2;4,8H,1,5-7H2,2-3H3;2,7-9H,1,3-6H2;3,8-9H,1,4-7H2,2H3;1-2,7-8H,3-6H2;1-2,5-6H,3-4H2. The zero-order valence-electron chi connectivity index (χ0n) is 41.8. The quantitative estimate of drug-likeness (QED) is 0.102. The first-order chi connectivity index (χ1) is 30.4. The van der Waals surface area contributed by atoms with Gasteiger partial charge in [-0.15, -0.1) is 32.9 Å². The van der Waals surface area contributed by atoms with Gasteiger partial charge in [-0.2, -0.15) is 0 Å². The third kappa shape index (κ3) is 20.2. The molecule has 8 atom stereocenters. The van der Waals surface area contributed by atoms with Crippen LogP contribution in [0.3, 0.4) is 0 Å². The predicted octanol–water partition coefficient (Wildman–Crippen LogP) is 17.0. The molecule has 0 aromatic rings. The Labute approximate surface area is 390 Å². The first kappa shape index (κ1) is 52.0. The van der Waals surface area contributed by atoms with Crippen molar-refractivity contribution in [1.29, 1.82) is 0 Å². The van der Waals surface area contributed by atoms with Crippen LogP contribution in [0.5, 0.6) is 0 Å². The van der Waals surface area contributed by atoms with Gasteiger partial charge in [-0.1, -0.05) is 128 Å². The van der Waals surface area contributed by atoms with Gasteiger partial charge in [0.05, 0.1) is 37.6 Å². The lowest BCUT2D eigenvalue weighted by Crippen LogP contribution is -2.22. The van der Waals surface area contributed by atoms with E-state index in [1.54, 1.807) is 0 Å². The maximum atomic E-state index is 5.28. The Balaban J connectivity index is 0.000000139. The second kappa shape index (κ2) is 25.8. The molecule has 0 N–H and O–H groups in total. The van der Waals surface area contributed by atoms with Crippen LogP contribution in [0.2, 0.25) is 0 Å². The molecule has 0 radical (unpaired) electrons. The van der Waals surface area contributed by atoms with Gasteiger partial charge < -0.3 is 14.2 Å². The van der Waals surface area contributed by atoms with Crippen LogP contribution in [-0.2, 0) is 14.2 Å². The van der Waals surface area contributed by atoms with Crippen molar-refractivity contribution in [3.63, 3.8) is 0 Å². The predicted molar refractivity (Wildman–Crippen MR) is 272 cm³/mol. The van der Waals surface area contributed by atoms with E-state index in [1.807, 2.05) is 12.2 Å². The third-order valence-electron chi connectivity index (χ3n) is 16.4. The summed E-state index contributed by atoms with van der Waals surface area (Å²) in [6.07, 6.45) is 54.5. The zero-order chi connectivity index (χ0) is 45.3. The second-order valence-corrected chi connectivity index (χ2v) is 22.9. The number of hydrogen-bond acceptors (Lipinski definition) is 3. The summed E-state index contributed by atoms with van der Waals surface area (Å²) in [5, 5.41) is 0. The van der Waals surface area contributed by atoms with Crippen LogP contribution in [-0.4, -0.2) is 37.6 Å². The van der Waals surface area contributed by atoms with E-state index in [0.29, 0.717) is 35.2 Å². The SMILES string of the molecule is C1=CCC(C2CC2)C1.C1=CCC2OC2C1.C=CC(CC)(CC)C1CO1.C=CC1CCCC2CC12.C=CCC(C)(C)CC1CC1.C=CCC(C)CC1CC1.C=CCC1(CC2CO2)CC1. The van der Waals surface area contributed by atoms with Crippen molar-refractivity contribution < 1.29 is 14.2 Å². The van der Waals surface area contributed by atoms with Gasteiger partial charge in [0.2, 0.25) is 0 Å². The van der Waals surface area contributed by atoms with Crippen LogP contribution >= 0.6 is 0 Å². The van der Waals surface area contributed by atoms with Crippen molar-refractivity contribution in [2.45, 2.75) is 213 Å². The summed E-state index contributed by atoms with van der Waals surface area (Å²) >= 11 is 0. The molecule has 0 aromatic heterocycles. The first-order valence-electron chi connectivity index (χ1n) is 26.7. The maximum absolute atomic E-state index is 5.28. The van der Waals surface area contributed by atoms with E-state index in [4.69, 9.17) is 14.2 Å². The van der Waals surface area contributed by atoms with Crippen molar-refractivity contribution in [3.05, 3.63) is 87.6 Å². The molecule has 3 heterocycles. The highest BCUT2D eigenvalue weighted by molar-refractivity contribution is 5.05. The van der Waals surface area contributed by atoms with E-state index in [9.17, 15) is 0 Å². The fraction of sp³-hybridized carbons (Fsp3) is 0.767. The van der Waals surface area contributed by atoms with Crippen LogP contribution < -0.4 is 0 Å². The van der Waals surface area contributed by atoms with Crippen molar-refractivity contribution in [3.8, 4) is 0 Å². The number of rotatable bonds is 18. The number of epoxide rings is 3. The van der Waals surface area contributed by atoms with E-state index in [-0.39, 0.29) is 5.41 Å². The molecule has 356 valence electrons. The molecule has 11 aliphatic rings. The molecule has 3 heteroatoms. The maximum Gasteiger partial charge on any atom is 0.0899 e. The van der Waals surface area contributed by atoms with E-state index in [0.717, 1.165) is 86.2 Å². The van der Waals surface area contributed by atoms with E-state index in [1.165, 1.54) is 128 Å². The minimum atomic E-state index is 0.278. The van der Waals surface area contributed by atoms with Gasteiger partial charge >= 0.3 is 0 Å². The number of allylic oxidation sites excluding steroid dienone is 6. The van der Waals surface area contributed by atoms with Crippen LogP contribution in [0.15, 0.2) is 87.6 Å². The average Bonchev–Trinajstić information content (AvgIpc) is 4.06. The minimum absolute atomic E-state index is 0.278. The van der Waals surface area contributed by atoms with Crippen LogP contribution in [0, 0.1) is 63.6 Å². The summed E-state index contributed by atoms with van der Waals surface area (Å²) in [6.45, 7) is 32.3. The summed E-state index contributed by atoms with van der Waals surface area (Å²) in [7, 11) is 0. The van der Waals surface area contributed by atoms with E-state index < -0.39 is 0 Å². The Morgan fingerprint density at radius 3 is 1.75 bits per heavy atom. The summed E-state index contributed by atoms with van der Waals surface area (Å²) in [4.78, 5) is 0. The largest absolute Gasteiger partial charge is 0.373 e. The molecule has 8 aliphatic carbocycles. The Morgan fingerprint density at radius 1 is 0.714 bits per heavy atom. The lowest BCUT2D eigenvalue weighted by Gasteiger charge is -2.24. The van der Waals surface area contributed by atoms with Gasteiger partial charge in [-0.05, 0) is 174 Å². The van der Waals surface area contributed by atoms with Gasteiger partial charge in [0.1, 0.15) is 0 Å². The van der Waals surface area contributed by atoms with Crippen molar-refractivity contribution >= 4 is 0 Å². The number of ether oxygens (including phenoxy) is 3. The topological polar surface area (TPSA) is 37.6 Å². The molecule has 0 aromatic carbocycles. The fourth-order valence-corrected chi connectivity index (χ4v) is 10.9. The molecule has 0 amide bonds. The Hall–Kier alpha value is -1.94. The summed E-state index contributed by atoms with van der Waals surface area (Å²) < 4.78 is 15.7. The van der Waals surface area contributed by atoms with Crippen molar-refractivity contribution in [2.75, 3.05) is 13.2 Å². The first-order valence-corrected chi connectivity index (χ1v) is 26.7. The van der Waals surface area contributed by atoms with Gasteiger partial charge in [-0.3, -0.25) is 0 Å². The molecule has 6 saturated carbocycles. The molecule has 0 spiro atoms. The highest BCUT2D eigenvalue weighted by Gasteiger charge is 2.46. The summed E-state index contributed by atoms with van der Waals surface area (Å²) in [6, 6.07) is 0. The van der Waals surface area contributed by atoms with Crippen molar-refractivity contribution in [1.82, 2.24) is 0 Å². The summed E-state index contributed by atoms with van der Waals surface area (Å²) in [5.74, 6) is 8.28. The van der Waals surface area contributed by atoms with Crippen LogP contribution in [0.4, 0.5) is 0 Å². The smallest absolute Gasteiger partial charge is 0.0899 e. The van der Waals surface area contributed by atoms with Gasteiger partial charge in [0.15, 0.2) is 0 Å². The summed E-state index contributed by atoms with van der Waals surface area (Å²) in [5.41, 5.74) is 1.44. The fourth-order valence-electron chi connectivity index (χ4n) is 10.9. The molecule has 3 aliphatic heterocycles. The lowest BCUT2D eigenvalue weighted by molar-refractivity contribution is 0.239. The molecule has 0 bridgehead atoms. The number of hydrogen-bond donors (Lipinski definition) is 0. The molecule has 9 fully saturated rings. The zero-order valence-corrected chi connectivity index (χ0v) is 41.8.